The van der Waals surface area contributed by atoms with E-state index in [2.05, 4.69) is 154 Å². The topological polar surface area (TPSA) is 0 Å². The summed E-state index contributed by atoms with van der Waals surface area (Å²) in [4.78, 5) is 0. The van der Waals surface area contributed by atoms with Gasteiger partial charge < -0.3 is 0 Å². The average Bonchev–Trinajstić information content (AvgIpc) is 2.78. The van der Waals surface area contributed by atoms with Crippen LogP contribution >= 0.6 is 31.9 Å². The molecule has 2 unspecified atom stereocenters. The second-order valence-corrected chi connectivity index (χ2v) is 15.2. The molecule has 2 atom stereocenters. The van der Waals surface area contributed by atoms with Crippen molar-refractivity contribution in [3.05, 3.63) is 140 Å². The second-order valence-electron chi connectivity index (χ2n) is 8.61. The van der Waals surface area contributed by atoms with Crippen molar-refractivity contribution in [2.24, 2.45) is 0 Å². The minimum atomic E-state index is -1.99. The first-order chi connectivity index (χ1) is 15.0. The van der Waals surface area contributed by atoms with Crippen LogP contribution < -0.4 is 0 Å². The van der Waals surface area contributed by atoms with E-state index in [1.54, 1.807) is 0 Å². The van der Waals surface area contributed by atoms with Gasteiger partial charge in [-0.3, -0.25) is 0 Å². The minimum absolute atomic E-state index is 0.371. The molecule has 156 valence electrons. The fourth-order valence-corrected chi connectivity index (χ4v) is 9.94. The Hall–Kier alpha value is -1.94. The summed E-state index contributed by atoms with van der Waals surface area (Å²) in [7, 11) is -1.99. The molecule has 0 bridgehead atoms. The molecule has 0 saturated heterocycles. The van der Waals surface area contributed by atoms with E-state index in [-0.39, 0.29) is 0 Å². The van der Waals surface area contributed by atoms with Crippen molar-refractivity contribution >= 4 is 39.9 Å². The third-order valence-electron chi connectivity index (χ3n) is 6.16. The van der Waals surface area contributed by atoms with Crippen molar-refractivity contribution < 1.29 is 0 Å². The number of halogens is 2. The van der Waals surface area contributed by atoms with Gasteiger partial charge in [-0.2, -0.15) is 0 Å². The maximum absolute atomic E-state index is 3.62. The summed E-state index contributed by atoms with van der Waals surface area (Å²) in [6.07, 6.45) is 0. The number of hydrogen-bond acceptors (Lipinski definition) is 0. The van der Waals surface area contributed by atoms with Gasteiger partial charge in [-0.25, -0.2) is 0 Å². The number of hydrogen-bond donors (Lipinski definition) is 0. The van der Waals surface area contributed by atoms with Gasteiger partial charge in [-0.05, 0) is 46.5 Å². The minimum Gasteiger partial charge on any atom is -0.0679 e. The zero-order valence-corrected chi connectivity index (χ0v) is 22.0. The zero-order chi connectivity index (χ0) is 21.8. The van der Waals surface area contributed by atoms with Crippen LogP contribution in [0.1, 0.15) is 33.3 Å². The van der Waals surface area contributed by atoms with Gasteiger partial charge in [0.15, 0.2) is 0 Å². The van der Waals surface area contributed by atoms with Gasteiger partial charge in [-0.1, -0.05) is 130 Å². The third kappa shape index (κ3) is 4.95. The molecule has 0 fully saturated rings. The van der Waals surface area contributed by atoms with Gasteiger partial charge in [0, 0.05) is 20.0 Å². The lowest BCUT2D eigenvalue weighted by Crippen LogP contribution is -2.43. The van der Waals surface area contributed by atoms with Crippen LogP contribution in [0.3, 0.4) is 0 Å². The first kappa shape index (κ1) is 22.3. The zero-order valence-electron chi connectivity index (χ0n) is 17.8. The molecule has 31 heavy (non-hydrogen) atoms. The van der Waals surface area contributed by atoms with Crippen LogP contribution in [0.4, 0.5) is 0 Å². The predicted molar refractivity (Wildman–Crippen MR) is 142 cm³/mol. The van der Waals surface area contributed by atoms with E-state index in [4.69, 9.17) is 0 Å². The quantitative estimate of drug-likeness (QED) is 0.210. The first-order valence-corrected chi connectivity index (χ1v) is 15.3. The van der Waals surface area contributed by atoms with Crippen LogP contribution in [0.2, 0.25) is 13.1 Å². The van der Waals surface area contributed by atoms with Crippen LogP contribution in [-0.4, -0.2) is 8.07 Å². The third-order valence-corrected chi connectivity index (χ3v) is 11.5. The lowest BCUT2D eigenvalue weighted by atomic mass is 10.0. The molecule has 4 aromatic rings. The first-order valence-electron chi connectivity index (χ1n) is 10.6. The van der Waals surface area contributed by atoms with E-state index in [1.807, 2.05) is 0 Å². The Kier molecular flexibility index (Phi) is 6.95. The van der Waals surface area contributed by atoms with Gasteiger partial charge in [-0.15, -0.1) is 0 Å². The number of rotatable bonds is 6. The van der Waals surface area contributed by atoms with Gasteiger partial charge in [0.1, 0.15) is 0 Å². The summed E-state index contributed by atoms with van der Waals surface area (Å²) >= 11 is 7.23. The van der Waals surface area contributed by atoms with E-state index >= 15 is 0 Å². The molecule has 0 aromatic heterocycles. The molecular weight excluding hydrogens is 524 g/mol. The summed E-state index contributed by atoms with van der Waals surface area (Å²) in [5, 5.41) is 0. The Morgan fingerprint density at radius 3 is 1.06 bits per heavy atom. The lowest BCUT2D eigenvalue weighted by Gasteiger charge is -2.41. The van der Waals surface area contributed by atoms with E-state index < -0.39 is 8.07 Å². The van der Waals surface area contributed by atoms with Gasteiger partial charge in [0.2, 0.25) is 0 Å². The van der Waals surface area contributed by atoms with Crippen molar-refractivity contribution in [1.29, 1.82) is 0 Å². The largest absolute Gasteiger partial charge is 0.0730 e. The Morgan fingerprint density at radius 2 is 0.742 bits per heavy atom. The molecule has 0 aliphatic heterocycles. The molecule has 0 N–H and O–H groups in total. The summed E-state index contributed by atoms with van der Waals surface area (Å²) < 4.78 is 2.24. The summed E-state index contributed by atoms with van der Waals surface area (Å²) in [6, 6.07) is 39.9. The van der Waals surface area contributed by atoms with E-state index in [0.29, 0.717) is 11.1 Å². The molecule has 0 saturated carbocycles. The molecule has 0 amide bonds. The molecule has 0 radical (unpaired) electrons. The fourth-order valence-electron chi connectivity index (χ4n) is 4.87. The standard InChI is InChI=1S/C28H26Br2Si/c1-31(2,27(21-9-5-3-6-10-21)23-13-17-25(29)18-14-23)28(22-11-7-4-8-12-22)24-15-19-26(30)20-16-24/h3-20,27-28H,1-2H3. The van der Waals surface area contributed by atoms with E-state index in [9.17, 15) is 0 Å². The predicted octanol–water partition coefficient (Wildman–Crippen LogP) is 8.96. The summed E-state index contributed by atoms with van der Waals surface area (Å²) in [5.41, 5.74) is 6.33. The maximum atomic E-state index is 3.62. The highest BCUT2D eigenvalue weighted by Gasteiger charge is 2.42. The molecule has 0 aliphatic rings. The summed E-state index contributed by atoms with van der Waals surface area (Å²) in [6.45, 7) is 5.10. The van der Waals surface area contributed by atoms with Crippen molar-refractivity contribution in [2.45, 2.75) is 24.2 Å². The highest BCUT2D eigenvalue weighted by Crippen LogP contribution is 2.45. The Labute approximate surface area is 203 Å². The molecular formula is C28H26Br2Si. The number of benzene rings is 4. The summed E-state index contributed by atoms with van der Waals surface area (Å²) in [5.74, 6) is 0. The highest BCUT2D eigenvalue weighted by molar-refractivity contribution is 9.10. The van der Waals surface area contributed by atoms with Crippen molar-refractivity contribution in [1.82, 2.24) is 0 Å². The van der Waals surface area contributed by atoms with Crippen LogP contribution in [0, 0.1) is 0 Å². The van der Waals surface area contributed by atoms with E-state index in [1.165, 1.54) is 22.3 Å². The maximum Gasteiger partial charge on any atom is 0.0730 e. The van der Waals surface area contributed by atoms with Crippen LogP contribution in [-0.2, 0) is 0 Å². The Bertz CT molecular complexity index is 1010. The van der Waals surface area contributed by atoms with Gasteiger partial charge >= 0.3 is 0 Å². The van der Waals surface area contributed by atoms with Crippen molar-refractivity contribution in [3.63, 3.8) is 0 Å². The molecule has 0 nitrogen and oxygen atoms in total. The molecule has 4 aromatic carbocycles. The van der Waals surface area contributed by atoms with E-state index in [0.717, 1.165) is 8.95 Å². The second kappa shape index (κ2) is 9.68. The molecule has 0 aliphatic carbocycles. The van der Waals surface area contributed by atoms with Crippen molar-refractivity contribution in [2.75, 3.05) is 0 Å². The monoisotopic (exact) mass is 548 g/mol. The highest BCUT2D eigenvalue weighted by atomic mass is 79.9. The van der Waals surface area contributed by atoms with Crippen LogP contribution in [0.25, 0.3) is 0 Å². The van der Waals surface area contributed by atoms with Gasteiger partial charge in [0.25, 0.3) is 0 Å². The molecule has 0 heterocycles. The SMILES string of the molecule is C[Si](C)(C(c1ccccc1)c1ccc(Br)cc1)C(c1ccccc1)c1ccc(Br)cc1. The fraction of sp³-hybridized carbons (Fsp3) is 0.143. The molecule has 3 heteroatoms. The van der Waals surface area contributed by atoms with Gasteiger partial charge in [0.05, 0.1) is 8.07 Å². The van der Waals surface area contributed by atoms with Crippen LogP contribution in [0.15, 0.2) is 118 Å². The normalized spacial score (nSPS) is 13.5. The smallest absolute Gasteiger partial charge is 0.0679 e. The van der Waals surface area contributed by atoms with Crippen LogP contribution in [0.5, 0.6) is 0 Å². The average molecular weight is 550 g/mol. The molecule has 0 spiro atoms. The Balaban J connectivity index is 1.91. The van der Waals surface area contributed by atoms with Crippen molar-refractivity contribution in [3.8, 4) is 0 Å². The lowest BCUT2D eigenvalue weighted by molar-refractivity contribution is 0.968. The molecule has 4 rings (SSSR count). The Morgan fingerprint density at radius 1 is 0.452 bits per heavy atom.